The molecule has 3 rings (SSSR count). The van der Waals surface area contributed by atoms with Crippen molar-refractivity contribution in [1.29, 1.82) is 0 Å². The third-order valence-electron chi connectivity index (χ3n) is 4.31. The summed E-state index contributed by atoms with van der Waals surface area (Å²) in [7, 11) is 0. The van der Waals surface area contributed by atoms with Crippen molar-refractivity contribution in [3.05, 3.63) is 29.8 Å². The summed E-state index contributed by atoms with van der Waals surface area (Å²) in [5, 5.41) is 12.6. The normalized spacial score (nSPS) is 14.7. The molecule has 6 nitrogen and oxygen atoms in total. The summed E-state index contributed by atoms with van der Waals surface area (Å²) in [4.78, 5) is 12.0. The average Bonchev–Trinajstić information content (AvgIpc) is 3.14. The molecule has 0 spiro atoms. The van der Waals surface area contributed by atoms with Gasteiger partial charge in [-0.15, -0.1) is 10.2 Å². The van der Waals surface area contributed by atoms with Crippen LogP contribution in [-0.2, 0) is 16.1 Å². The van der Waals surface area contributed by atoms with Gasteiger partial charge in [0.2, 0.25) is 5.13 Å². The van der Waals surface area contributed by atoms with Gasteiger partial charge in [-0.3, -0.25) is 4.79 Å². The van der Waals surface area contributed by atoms with Crippen molar-refractivity contribution in [2.75, 3.05) is 17.7 Å². The summed E-state index contributed by atoms with van der Waals surface area (Å²) < 4.78 is 11.7. The predicted molar refractivity (Wildman–Crippen MR) is 109 cm³/mol. The molecule has 0 unspecified atom stereocenters. The van der Waals surface area contributed by atoms with E-state index >= 15 is 0 Å². The van der Waals surface area contributed by atoms with Crippen LogP contribution in [0.1, 0.15) is 44.6 Å². The van der Waals surface area contributed by atoms with Gasteiger partial charge in [-0.2, -0.15) is 0 Å². The van der Waals surface area contributed by atoms with Crippen LogP contribution in [0.4, 0.5) is 5.13 Å². The fourth-order valence-electron chi connectivity index (χ4n) is 2.99. The lowest BCUT2D eigenvalue weighted by atomic mass is 9.96. The fraction of sp³-hybridized carbons (Fsp3) is 0.526. The van der Waals surface area contributed by atoms with Gasteiger partial charge in [0, 0.05) is 11.6 Å². The molecule has 0 bridgehead atoms. The number of ether oxygens (including phenoxy) is 2. The van der Waals surface area contributed by atoms with Crippen LogP contribution in [0, 0.1) is 0 Å². The Balaban J connectivity index is 1.41. The summed E-state index contributed by atoms with van der Waals surface area (Å²) in [5.74, 6) is 0.695. The summed E-state index contributed by atoms with van der Waals surface area (Å²) >= 11 is 2.85. The topological polar surface area (TPSA) is 73.3 Å². The molecule has 1 aliphatic rings. The van der Waals surface area contributed by atoms with Gasteiger partial charge in [-0.1, -0.05) is 60.6 Å². The third kappa shape index (κ3) is 6.39. The Bertz CT molecular complexity index is 732. The first-order chi connectivity index (χ1) is 13.2. The van der Waals surface area contributed by atoms with E-state index in [-0.39, 0.29) is 18.3 Å². The molecule has 1 aromatic carbocycles. The summed E-state index contributed by atoms with van der Waals surface area (Å²) in [6.07, 6.45) is 6.26. The number of para-hydroxylation sites is 1. The molecule has 1 fully saturated rings. The second kappa shape index (κ2) is 10.5. The molecule has 27 heavy (non-hydrogen) atoms. The Hall–Kier alpha value is -1.80. The molecule has 0 aliphatic heterocycles. The van der Waals surface area contributed by atoms with Crippen molar-refractivity contribution in [2.45, 2.75) is 56.0 Å². The van der Waals surface area contributed by atoms with Gasteiger partial charge in [0.1, 0.15) is 12.4 Å². The lowest BCUT2D eigenvalue weighted by molar-refractivity contribution is -0.141. The highest BCUT2D eigenvalue weighted by Crippen LogP contribution is 2.28. The molecule has 1 N–H and O–H groups in total. The number of anilines is 1. The van der Waals surface area contributed by atoms with E-state index in [0.717, 1.165) is 20.8 Å². The smallest absolute Gasteiger partial charge is 0.316 e. The number of carbonyl (C=O) groups excluding carboxylic acids is 1. The molecule has 146 valence electrons. The van der Waals surface area contributed by atoms with Crippen LogP contribution in [0.15, 0.2) is 28.6 Å². The van der Waals surface area contributed by atoms with E-state index in [9.17, 15) is 4.79 Å². The second-order valence-corrected chi connectivity index (χ2v) is 8.54. The second-order valence-electron chi connectivity index (χ2n) is 6.34. The molecule has 2 aromatic rings. The van der Waals surface area contributed by atoms with Crippen LogP contribution in [0.5, 0.6) is 5.75 Å². The number of carbonyl (C=O) groups is 1. The third-order valence-corrected chi connectivity index (χ3v) is 6.28. The summed E-state index contributed by atoms with van der Waals surface area (Å²) in [5.41, 5.74) is 0.868. The van der Waals surface area contributed by atoms with Gasteiger partial charge in [0.15, 0.2) is 4.34 Å². The van der Waals surface area contributed by atoms with Crippen LogP contribution in [-0.4, -0.2) is 34.6 Å². The van der Waals surface area contributed by atoms with E-state index in [1.807, 2.05) is 31.2 Å². The van der Waals surface area contributed by atoms with E-state index in [1.54, 1.807) is 0 Å². The Morgan fingerprint density at radius 3 is 2.89 bits per heavy atom. The SMILES string of the molecule is CCOc1ccccc1COC(=O)CSc1nnc(NC2CCCCC2)s1. The maximum Gasteiger partial charge on any atom is 0.316 e. The molecular formula is C19H25N3O3S2. The van der Waals surface area contributed by atoms with Crippen molar-refractivity contribution in [1.82, 2.24) is 10.2 Å². The monoisotopic (exact) mass is 407 g/mol. The van der Waals surface area contributed by atoms with Gasteiger partial charge >= 0.3 is 5.97 Å². The van der Waals surface area contributed by atoms with E-state index in [0.29, 0.717) is 12.6 Å². The van der Waals surface area contributed by atoms with E-state index < -0.39 is 0 Å². The zero-order chi connectivity index (χ0) is 18.9. The number of esters is 1. The van der Waals surface area contributed by atoms with Crippen LogP contribution >= 0.6 is 23.1 Å². The maximum atomic E-state index is 12.0. The average molecular weight is 408 g/mol. The van der Waals surface area contributed by atoms with Crippen molar-refractivity contribution in [3.8, 4) is 5.75 Å². The first-order valence-corrected chi connectivity index (χ1v) is 11.1. The molecule has 1 aromatic heterocycles. The Labute approximate surface area is 168 Å². The highest BCUT2D eigenvalue weighted by atomic mass is 32.2. The molecule has 1 heterocycles. The highest BCUT2D eigenvalue weighted by molar-refractivity contribution is 8.01. The van der Waals surface area contributed by atoms with Crippen LogP contribution < -0.4 is 10.1 Å². The summed E-state index contributed by atoms with van der Waals surface area (Å²) in [6.45, 7) is 2.72. The number of benzene rings is 1. The Morgan fingerprint density at radius 2 is 2.07 bits per heavy atom. The van der Waals surface area contributed by atoms with Gasteiger partial charge in [-0.05, 0) is 25.8 Å². The molecule has 8 heteroatoms. The van der Waals surface area contributed by atoms with Crippen molar-refractivity contribution in [2.24, 2.45) is 0 Å². The molecule has 0 atom stereocenters. The standard InChI is InChI=1S/C19H25N3O3S2/c1-2-24-16-11-7-6-8-14(16)12-25-17(23)13-26-19-22-21-18(27-19)20-15-9-4-3-5-10-15/h6-8,11,15H,2-5,9-10,12-13H2,1H3,(H,20,21). The zero-order valence-corrected chi connectivity index (χ0v) is 17.1. The van der Waals surface area contributed by atoms with Gasteiger partial charge in [-0.25, -0.2) is 0 Å². The molecule has 1 saturated carbocycles. The number of thioether (sulfide) groups is 1. The van der Waals surface area contributed by atoms with Gasteiger partial charge in [0.25, 0.3) is 0 Å². The zero-order valence-electron chi connectivity index (χ0n) is 15.5. The molecule has 0 amide bonds. The molecule has 1 aliphatic carbocycles. The lowest BCUT2D eigenvalue weighted by Crippen LogP contribution is -2.21. The largest absolute Gasteiger partial charge is 0.493 e. The Kier molecular flexibility index (Phi) is 7.77. The highest BCUT2D eigenvalue weighted by Gasteiger charge is 2.16. The first kappa shape index (κ1) is 19.9. The van der Waals surface area contributed by atoms with E-state index in [1.165, 1.54) is 55.2 Å². The van der Waals surface area contributed by atoms with E-state index in [2.05, 4.69) is 15.5 Å². The van der Waals surface area contributed by atoms with Crippen molar-refractivity contribution < 1.29 is 14.3 Å². The van der Waals surface area contributed by atoms with Crippen molar-refractivity contribution >= 4 is 34.2 Å². The minimum Gasteiger partial charge on any atom is -0.493 e. The van der Waals surface area contributed by atoms with Gasteiger partial charge in [0.05, 0.1) is 12.4 Å². The van der Waals surface area contributed by atoms with Crippen molar-refractivity contribution in [3.63, 3.8) is 0 Å². The quantitative estimate of drug-likeness (QED) is 0.484. The van der Waals surface area contributed by atoms with Gasteiger partial charge < -0.3 is 14.8 Å². The molecule has 0 saturated heterocycles. The number of nitrogens with one attached hydrogen (secondary N) is 1. The lowest BCUT2D eigenvalue weighted by Gasteiger charge is -2.21. The van der Waals surface area contributed by atoms with Crippen LogP contribution in [0.3, 0.4) is 0 Å². The predicted octanol–water partition coefficient (Wildman–Crippen LogP) is 4.52. The minimum atomic E-state index is -0.275. The maximum absolute atomic E-state index is 12.0. The Morgan fingerprint density at radius 1 is 1.26 bits per heavy atom. The van der Waals surface area contributed by atoms with Crippen LogP contribution in [0.2, 0.25) is 0 Å². The van der Waals surface area contributed by atoms with E-state index in [4.69, 9.17) is 9.47 Å². The van der Waals surface area contributed by atoms with Crippen LogP contribution in [0.25, 0.3) is 0 Å². The number of rotatable bonds is 9. The number of hydrogen-bond donors (Lipinski definition) is 1. The fourth-order valence-corrected chi connectivity index (χ4v) is 4.61. The summed E-state index contributed by atoms with van der Waals surface area (Å²) in [6, 6.07) is 8.09. The molecule has 0 radical (unpaired) electrons. The number of hydrogen-bond acceptors (Lipinski definition) is 8. The molecular weight excluding hydrogens is 382 g/mol. The number of aromatic nitrogens is 2. The number of nitrogens with zero attached hydrogens (tertiary/aromatic N) is 2. The first-order valence-electron chi connectivity index (χ1n) is 9.33. The minimum absolute atomic E-state index is 0.209.